The zero-order valence-electron chi connectivity index (χ0n) is 23.6. The molecule has 1 aliphatic rings. The average Bonchev–Trinajstić information content (AvgIpc) is 3.47. The number of ether oxygens (including phenoxy) is 3. The van der Waals surface area contributed by atoms with Gasteiger partial charge in [0.1, 0.15) is 11.5 Å². The van der Waals surface area contributed by atoms with Gasteiger partial charge in [0.15, 0.2) is 11.5 Å². The van der Waals surface area contributed by atoms with Crippen LogP contribution in [0.1, 0.15) is 12.0 Å². The molecule has 0 unspecified atom stereocenters. The monoisotopic (exact) mass is 565 g/mol. The number of aryl methyl sites for hydroxylation is 1. The summed E-state index contributed by atoms with van der Waals surface area (Å²) in [4.78, 5) is 30.6. The number of benzene rings is 3. The summed E-state index contributed by atoms with van der Waals surface area (Å²) in [7, 11) is 3.15. The Morgan fingerprint density at radius 3 is 2.31 bits per heavy atom. The van der Waals surface area contributed by atoms with E-state index in [-0.39, 0.29) is 5.91 Å². The molecule has 0 saturated heterocycles. The van der Waals surface area contributed by atoms with Gasteiger partial charge in [-0.05, 0) is 61.0 Å². The molecule has 0 bridgehead atoms. The topological polar surface area (TPSA) is 114 Å². The minimum Gasteiger partial charge on any atom is -0.493 e. The Kier molecular flexibility index (Phi) is 8.24. The number of hydrogen-bond donors (Lipinski definition) is 3. The van der Waals surface area contributed by atoms with Gasteiger partial charge in [-0.15, -0.1) is 0 Å². The van der Waals surface area contributed by atoms with Crippen LogP contribution in [-0.2, 0) is 4.79 Å². The quantitative estimate of drug-likeness (QED) is 0.194. The van der Waals surface area contributed by atoms with E-state index in [2.05, 4.69) is 27.5 Å². The van der Waals surface area contributed by atoms with Gasteiger partial charge in [0.05, 0.1) is 19.7 Å². The molecule has 0 radical (unpaired) electrons. The number of fused-ring (bicyclic) bond motifs is 1. The summed E-state index contributed by atoms with van der Waals surface area (Å²) in [6.45, 7) is 6.06. The van der Waals surface area contributed by atoms with Crippen LogP contribution in [0, 0.1) is 6.92 Å². The van der Waals surface area contributed by atoms with Crippen molar-refractivity contribution in [1.82, 2.24) is 9.88 Å². The van der Waals surface area contributed by atoms with E-state index in [0.717, 1.165) is 28.8 Å². The largest absolute Gasteiger partial charge is 0.493 e. The van der Waals surface area contributed by atoms with Crippen LogP contribution in [0.2, 0.25) is 0 Å². The standard InChI is InChI=1S/C32H31N5O5/c1-5-31(38)37-15-13-24(19-37)34-21-8-10-22(11-9-21)35-32(39)36-23-7-6-20(2)28(16-23)42-27-12-14-33-26-18-30(41-4)29(40-3)17-25(26)27/h5-12,14,16-19,34H,1,13,15H2,2-4H3,(H2,35,36,39). The minimum absolute atomic E-state index is 0.128. The second kappa shape index (κ2) is 12.3. The first-order valence-electron chi connectivity index (χ1n) is 13.2. The maximum absolute atomic E-state index is 12.8. The zero-order valence-corrected chi connectivity index (χ0v) is 23.6. The predicted octanol–water partition coefficient (Wildman–Crippen LogP) is 6.67. The number of rotatable bonds is 9. The Labute approximate surface area is 243 Å². The Bertz CT molecular complexity index is 1680. The maximum atomic E-state index is 12.8. The number of nitrogens with one attached hydrogen (secondary N) is 3. The lowest BCUT2D eigenvalue weighted by Crippen LogP contribution is -2.20. The summed E-state index contributed by atoms with van der Waals surface area (Å²) in [5, 5.41) is 9.76. The van der Waals surface area contributed by atoms with Crippen molar-refractivity contribution in [2.45, 2.75) is 13.3 Å². The molecule has 0 spiro atoms. The molecule has 10 nitrogen and oxygen atoms in total. The van der Waals surface area contributed by atoms with E-state index in [4.69, 9.17) is 14.2 Å². The number of carbonyl (C=O) groups excluding carboxylic acids is 2. The molecule has 0 saturated carbocycles. The van der Waals surface area contributed by atoms with Crippen LogP contribution in [0.4, 0.5) is 21.9 Å². The minimum atomic E-state index is -0.395. The number of aromatic nitrogens is 1. The smallest absolute Gasteiger partial charge is 0.323 e. The van der Waals surface area contributed by atoms with Crippen LogP contribution in [-0.4, -0.2) is 42.6 Å². The van der Waals surface area contributed by atoms with E-state index in [1.165, 1.54) is 6.08 Å². The summed E-state index contributed by atoms with van der Waals surface area (Å²) >= 11 is 0. The molecule has 0 fully saturated rings. The number of urea groups is 1. The Morgan fingerprint density at radius 2 is 1.57 bits per heavy atom. The van der Waals surface area contributed by atoms with Gasteiger partial charge in [-0.3, -0.25) is 9.78 Å². The van der Waals surface area contributed by atoms with Gasteiger partial charge < -0.3 is 35.1 Å². The van der Waals surface area contributed by atoms with E-state index >= 15 is 0 Å². The molecule has 3 aromatic carbocycles. The molecular formula is C32H31N5O5. The first-order chi connectivity index (χ1) is 20.4. The second-order valence-electron chi connectivity index (χ2n) is 9.54. The lowest BCUT2D eigenvalue weighted by molar-refractivity contribution is -0.123. The van der Waals surface area contributed by atoms with Gasteiger partial charge in [-0.2, -0.15) is 0 Å². The van der Waals surface area contributed by atoms with Crippen molar-refractivity contribution in [1.29, 1.82) is 0 Å². The van der Waals surface area contributed by atoms with Gasteiger partial charge >= 0.3 is 6.03 Å². The number of hydrogen-bond acceptors (Lipinski definition) is 7. The molecule has 5 rings (SSSR count). The number of methoxy groups -OCH3 is 2. The number of nitrogens with zero attached hydrogens (tertiary/aromatic N) is 2. The van der Waals surface area contributed by atoms with Gasteiger partial charge in [0, 0.05) is 65.6 Å². The van der Waals surface area contributed by atoms with Crippen molar-refractivity contribution in [3.8, 4) is 23.0 Å². The molecular weight excluding hydrogens is 534 g/mol. The second-order valence-corrected chi connectivity index (χ2v) is 9.54. The van der Waals surface area contributed by atoms with Crippen LogP contribution >= 0.6 is 0 Å². The molecule has 4 aromatic rings. The SMILES string of the molecule is C=CC(=O)N1C=C(Nc2ccc(NC(=O)Nc3ccc(C)c(Oc4ccnc5cc(OC)c(OC)cc45)c3)cc2)CC1. The molecule has 0 atom stereocenters. The third kappa shape index (κ3) is 6.28. The molecule has 1 aliphatic heterocycles. The molecule has 3 amide bonds. The first-order valence-corrected chi connectivity index (χ1v) is 13.2. The van der Waals surface area contributed by atoms with E-state index in [1.807, 2.05) is 37.3 Å². The number of anilines is 3. The highest BCUT2D eigenvalue weighted by atomic mass is 16.5. The average molecular weight is 566 g/mol. The van der Waals surface area contributed by atoms with Gasteiger partial charge in [-0.1, -0.05) is 12.6 Å². The summed E-state index contributed by atoms with van der Waals surface area (Å²) < 4.78 is 17.1. The van der Waals surface area contributed by atoms with E-state index in [9.17, 15) is 9.59 Å². The number of amides is 3. The molecule has 0 aliphatic carbocycles. The van der Waals surface area contributed by atoms with Crippen LogP contribution in [0.3, 0.4) is 0 Å². The van der Waals surface area contributed by atoms with Crippen molar-refractivity contribution in [2.24, 2.45) is 0 Å². The summed E-state index contributed by atoms with van der Waals surface area (Å²) in [5.74, 6) is 2.19. The predicted molar refractivity (Wildman–Crippen MR) is 163 cm³/mol. The summed E-state index contributed by atoms with van der Waals surface area (Å²) in [5.41, 5.74) is 4.56. The van der Waals surface area contributed by atoms with E-state index in [0.29, 0.717) is 46.4 Å². The van der Waals surface area contributed by atoms with Crippen molar-refractivity contribution >= 4 is 39.9 Å². The van der Waals surface area contributed by atoms with Crippen molar-refractivity contribution in [3.63, 3.8) is 0 Å². The van der Waals surface area contributed by atoms with Gasteiger partial charge in [0.2, 0.25) is 5.91 Å². The summed E-state index contributed by atoms with van der Waals surface area (Å²) in [6.07, 6.45) is 5.48. The molecule has 3 N–H and O–H groups in total. The highest BCUT2D eigenvalue weighted by Gasteiger charge is 2.17. The molecule has 1 aromatic heterocycles. The Hall–Kier alpha value is -5.51. The third-order valence-corrected chi connectivity index (χ3v) is 6.71. The van der Waals surface area contributed by atoms with Crippen molar-refractivity contribution < 1.29 is 23.8 Å². The van der Waals surface area contributed by atoms with E-state index < -0.39 is 6.03 Å². The maximum Gasteiger partial charge on any atom is 0.323 e. The van der Waals surface area contributed by atoms with Crippen molar-refractivity contribution in [3.05, 3.63) is 97.0 Å². The normalized spacial score (nSPS) is 12.4. The molecule has 42 heavy (non-hydrogen) atoms. The Morgan fingerprint density at radius 1 is 0.881 bits per heavy atom. The zero-order chi connectivity index (χ0) is 29.6. The molecule has 2 heterocycles. The fourth-order valence-electron chi connectivity index (χ4n) is 4.50. The van der Waals surface area contributed by atoms with Crippen LogP contribution in [0.5, 0.6) is 23.0 Å². The number of pyridine rings is 1. The highest BCUT2D eigenvalue weighted by Crippen LogP contribution is 2.38. The fourth-order valence-corrected chi connectivity index (χ4v) is 4.50. The lowest BCUT2D eigenvalue weighted by Gasteiger charge is -2.15. The highest BCUT2D eigenvalue weighted by molar-refractivity contribution is 6.00. The number of carbonyl (C=O) groups is 2. The van der Waals surface area contributed by atoms with Crippen LogP contribution in [0.25, 0.3) is 10.9 Å². The Balaban J connectivity index is 1.24. The lowest BCUT2D eigenvalue weighted by atomic mass is 10.1. The fraction of sp³-hybridized carbons (Fsp3) is 0.156. The first kappa shape index (κ1) is 28.0. The van der Waals surface area contributed by atoms with Gasteiger partial charge in [-0.25, -0.2) is 4.79 Å². The van der Waals surface area contributed by atoms with Crippen LogP contribution < -0.4 is 30.2 Å². The van der Waals surface area contributed by atoms with Crippen molar-refractivity contribution in [2.75, 3.05) is 36.7 Å². The summed E-state index contributed by atoms with van der Waals surface area (Å²) in [6, 6.07) is 17.8. The van der Waals surface area contributed by atoms with Gasteiger partial charge in [0.25, 0.3) is 0 Å². The molecule has 214 valence electrons. The van der Waals surface area contributed by atoms with E-state index in [1.54, 1.807) is 61.8 Å². The van der Waals surface area contributed by atoms with Crippen LogP contribution in [0.15, 0.2) is 91.4 Å². The molecule has 10 heteroatoms. The third-order valence-electron chi connectivity index (χ3n) is 6.71.